The molecule has 88 valence electrons. The van der Waals surface area contributed by atoms with Crippen LogP contribution in [0.4, 0.5) is 0 Å². The van der Waals surface area contributed by atoms with Crippen LogP contribution in [0.15, 0.2) is 0 Å². The van der Waals surface area contributed by atoms with Crippen molar-refractivity contribution in [1.82, 2.24) is 4.90 Å². The molecule has 0 aromatic heterocycles. The SMILES string of the molecule is CN1CC(O)C(O)C2OC(C)(C)OC2C1. The van der Waals surface area contributed by atoms with Crippen LogP contribution in [-0.4, -0.2) is 65.5 Å². The van der Waals surface area contributed by atoms with Gasteiger partial charge in [0.15, 0.2) is 5.79 Å². The van der Waals surface area contributed by atoms with E-state index >= 15 is 0 Å². The van der Waals surface area contributed by atoms with Gasteiger partial charge in [-0.15, -0.1) is 0 Å². The Balaban J connectivity index is 2.17. The van der Waals surface area contributed by atoms with Gasteiger partial charge in [0.05, 0.1) is 6.10 Å². The second-order valence-corrected chi connectivity index (χ2v) is 4.92. The minimum atomic E-state index is -0.873. The predicted octanol–water partition coefficient (Wildman–Crippen LogP) is -0.826. The van der Waals surface area contributed by atoms with E-state index in [1.165, 1.54) is 0 Å². The summed E-state index contributed by atoms with van der Waals surface area (Å²) >= 11 is 0. The van der Waals surface area contributed by atoms with E-state index in [4.69, 9.17) is 9.47 Å². The second-order valence-electron chi connectivity index (χ2n) is 4.92. The van der Waals surface area contributed by atoms with Gasteiger partial charge in [0.25, 0.3) is 0 Å². The number of aliphatic hydroxyl groups is 2. The van der Waals surface area contributed by atoms with Crippen molar-refractivity contribution < 1.29 is 19.7 Å². The number of likely N-dealkylation sites (tertiary alicyclic amines) is 1. The second kappa shape index (κ2) is 3.68. The Hall–Kier alpha value is -0.200. The third kappa shape index (κ3) is 2.16. The molecular formula is C10H19NO4. The largest absolute Gasteiger partial charge is 0.389 e. The van der Waals surface area contributed by atoms with Gasteiger partial charge in [0.1, 0.15) is 18.3 Å². The molecule has 2 heterocycles. The third-order valence-electron chi connectivity index (χ3n) is 2.94. The molecule has 0 aromatic carbocycles. The maximum atomic E-state index is 9.90. The Bertz CT molecular complexity index is 246. The van der Waals surface area contributed by atoms with Crippen LogP contribution in [0, 0.1) is 0 Å². The Morgan fingerprint density at radius 3 is 2.53 bits per heavy atom. The number of fused-ring (bicyclic) bond motifs is 1. The van der Waals surface area contributed by atoms with Gasteiger partial charge < -0.3 is 24.6 Å². The van der Waals surface area contributed by atoms with E-state index in [1.807, 2.05) is 25.8 Å². The van der Waals surface area contributed by atoms with Crippen LogP contribution in [-0.2, 0) is 9.47 Å². The number of hydrogen-bond donors (Lipinski definition) is 2. The average molecular weight is 217 g/mol. The lowest BCUT2D eigenvalue weighted by Crippen LogP contribution is -2.42. The van der Waals surface area contributed by atoms with Crippen molar-refractivity contribution >= 4 is 0 Å². The van der Waals surface area contributed by atoms with Gasteiger partial charge in [-0.2, -0.15) is 0 Å². The molecule has 15 heavy (non-hydrogen) atoms. The van der Waals surface area contributed by atoms with Crippen molar-refractivity contribution in [3.63, 3.8) is 0 Å². The molecule has 2 fully saturated rings. The number of hydrogen-bond acceptors (Lipinski definition) is 5. The summed E-state index contributed by atoms with van der Waals surface area (Å²) in [5.74, 6) is -0.672. The molecule has 0 spiro atoms. The molecule has 0 aromatic rings. The molecule has 2 N–H and O–H groups in total. The molecule has 2 saturated heterocycles. The summed E-state index contributed by atoms with van der Waals surface area (Å²) in [6, 6.07) is 0. The Kier molecular flexibility index (Phi) is 2.77. The smallest absolute Gasteiger partial charge is 0.163 e. The summed E-state index contributed by atoms with van der Waals surface area (Å²) < 4.78 is 11.3. The third-order valence-corrected chi connectivity index (χ3v) is 2.94. The fourth-order valence-electron chi connectivity index (χ4n) is 2.32. The van der Waals surface area contributed by atoms with Crippen molar-refractivity contribution in [2.45, 2.75) is 44.1 Å². The Labute approximate surface area is 89.6 Å². The first kappa shape index (κ1) is 11.3. The van der Waals surface area contributed by atoms with Crippen LogP contribution in [0.5, 0.6) is 0 Å². The fraction of sp³-hybridized carbons (Fsp3) is 1.00. The van der Waals surface area contributed by atoms with E-state index in [2.05, 4.69) is 0 Å². The van der Waals surface area contributed by atoms with Crippen molar-refractivity contribution in [1.29, 1.82) is 0 Å². The van der Waals surface area contributed by atoms with Gasteiger partial charge in [-0.1, -0.05) is 0 Å². The summed E-state index contributed by atoms with van der Waals surface area (Å²) in [5.41, 5.74) is 0. The summed E-state index contributed by atoms with van der Waals surface area (Å²) in [4.78, 5) is 1.95. The lowest BCUT2D eigenvalue weighted by Gasteiger charge is -2.24. The van der Waals surface area contributed by atoms with Crippen molar-refractivity contribution in [3.8, 4) is 0 Å². The van der Waals surface area contributed by atoms with E-state index in [0.717, 1.165) is 0 Å². The van der Waals surface area contributed by atoms with Gasteiger partial charge in [0.2, 0.25) is 0 Å². The van der Waals surface area contributed by atoms with Crippen molar-refractivity contribution in [2.24, 2.45) is 0 Å². The molecule has 2 aliphatic rings. The minimum absolute atomic E-state index is 0.169. The molecule has 2 rings (SSSR count). The highest BCUT2D eigenvalue weighted by Gasteiger charge is 2.48. The minimum Gasteiger partial charge on any atom is -0.389 e. The standard InChI is InChI=1S/C10H19NO4/c1-10(2)14-7-5-11(3)4-6(12)8(13)9(7)15-10/h6-9,12-13H,4-5H2,1-3H3. The van der Waals surface area contributed by atoms with Gasteiger partial charge in [-0.05, 0) is 20.9 Å². The molecule has 2 aliphatic heterocycles. The van der Waals surface area contributed by atoms with E-state index in [-0.39, 0.29) is 6.10 Å². The highest BCUT2D eigenvalue weighted by Crippen LogP contribution is 2.32. The average Bonchev–Trinajstić information content (AvgIpc) is 2.34. The zero-order valence-electron chi connectivity index (χ0n) is 9.38. The summed E-state index contributed by atoms with van der Waals surface area (Å²) in [6.07, 6.45) is -2.25. The number of likely N-dealkylation sites (N-methyl/N-ethyl adjacent to an activating group) is 1. The molecular weight excluding hydrogens is 198 g/mol. The molecule has 4 unspecified atom stereocenters. The van der Waals surface area contributed by atoms with Gasteiger partial charge in [0, 0.05) is 13.1 Å². The lowest BCUT2D eigenvalue weighted by atomic mass is 10.1. The first-order valence-electron chi connectivity index (χ1n) is 5.29. The van der Waals surface area contributed by atoms with E-state index in [0.29, 0.717) is 13.1 Å². The Morgan fingerprint density at radius 1 is 1.20 bits per heavy atom. The Morgan fingerprint density at radius 2 is 1.87 bits per heavy atom. The van der Waals surface area contributed by atoms with Crippen LogP contribution in [0.25, 0.3) is 0 Å². The number of β-amino-alcohol motifs (C(OH)–C–C–N with tert-alkyl or cyclic N) is 1. The lowest BCUT2D eigenvalue weighted by molar-refractivity contribution is -0.166. The molecule has 5 nitrogen and oxygen atoms in total. The van der Waals surface area contributed by atoms with Crippen molar-refractivity contribution in [3.05, 3.63) is 0 Å². The van der Waals surface area contributed by atoms with Gasteiger partial charge >= 0.3 is 0 Å². The molecule has 0 bridgehead atoms. The van der Waals surface area contributed by atoms with E-state index in [9.17, 15) is 10.2 Å². The highest BCUT2D eigenvalue weighted by molar-refractivity contribution is 4.94. The summed E-state index contributed by atoms with van der Waals surface area (Å²) in [5, 5.41) is 19.6. The van der Waals surface area contributed by atoms with E-state index in [1.54, 1.807) is 0 Å². The number of nitrogens with zero attached hydrogens (tertiary/aromatic N) is 1. The molecule has 0 aliphatic carbocycles. The molecule has 5 heteroatoms. The van der Waals surface area contributed by atoms with E-state index < -0.39 is 24.1 Å². The topological polar surface area (TPSA) is 62.2 Å². The molecule has 0 radical (unpaired) electrons. The molecule has 4 atom stereocenters. The van der Waals surface area contributed by atoms with Crippen LogP contribution < -0.4 is 0 Å². The number of aliphatic hydroxyl groups excluding tert-OH is 2. The fourth-order valence-corrected chi connectivity index (χ4v) is 2.32. The van der Waals surface area contributed by atoms with Gasteiger partial charge in [-0.3, -0.25) is 0 Å². The number of ether oxygens (including phenoxy) is 2. The van der Waals surface area contributed by atoms with Gasteiger partial charge in [-0.25, -0.2) is 0 Å². The zero-order valence-corrected chi connectivity index (χ0v) is 9.38. The van der Waals surface area contributed by atoms with Crippen LogP contribution in [0.2, 0.25) is 0 Å². The maximum absolute atomic E-state index is 9.90. The number of rotatable bonds is 0. The maximum Gasteiger partial charge on any atom is 0.163 e. The van der Waals surface area contributed by atoms with Crippen LogP contribution >= 0.6 is 0 Å². The molecule has 0 saturated carbocycles. The predicted molar refractivity (Wildman–Crippen MR) is 53.3 cm³/mol. The summed E-state index contributed by atoms with van der Waals surface area (Å²) in [7, 11) is 1.90. The molecule has 0 amide bonds. The quantitative estimate of drug-likeness (QED) is 0.555. The summed E-state index contributed by atoms with van der Waals surface area (Å²) in [6.45, 7) is 4.75. The monoisotopic (exact) mass is 217 g/mol. The zero-order chi connectivity index (χ0) is 11.2. The normalized spacial score (nSPS) is 46.2. The first-order valence-corrected chi connectivity index (χ1v) is 5.29. The van der Waals surface area contributed by atoms with Crippen LogP contribution in [0.3, 0.4) is 0 Å². The first-order chi connectivity index (χ1) is 6.89. The van der Waals surface area contributed by atoms with Crippen molar-refractivity contribution in [2.75, 3.05) is 20.1 Å². The van der Waals surface area contributed by atoms with Crippen LogP contribution in [0.1, 0.15) is 13.8 Å². The highest BCUT2D eigenvalue weighted by atomic mass is 16.8.